The van der Waals surface area contributed by atoms with E-state index in [0.29, 0.717) is 6.61 Å². The van der Waals surface area contributed by atoms with E-state index in [1.165, 1.54) is 0 Å². The van der Waals surface area contributed by atoms with E-state index >= 15 is 0 Å². The average Bonchev–Trinajstić information content (AvgIpc) is 2.38. The Morgan fingerprint density at radius 2 is 2.21 bits per heavy atom. The van der Waals surface area contributed by atoms with Gasteiger partial charge in [-0.05, 0) is 39.9 Å². The van der Waals surface area contributed by atoms with Gasteiger partial charge in [0, 0.05) is 19.6 Å². The lowest BCUT2D eigenvalue weighted by molar-refractivity contribution is -0.136. The fourth-order valence-corrected chi connectivity index (χ4v) is 2.19. The molecule has 1 unspecified atom stereocenters. The predicted octanol–water partition coefficient (Wildman–Crippen LogP) is 0.555. The van der Waals surface area contributed by atoms with Gasteiger partial charge in [-0.1, -0.05) is 6.92 Å². The number of nitrogens with zero attached hydrogens (tertiary/aromatic N) is 2. The van der Waals surface area contributed by atoms with Crippen LogP contribution in [0.5, 0.6) is 0 Å². The molecule has 0 spiro atoms. The van der Waals surface area contributed by atoms with Crippen molar-refractivity contribution in [3.63, 3.8) is 0 Å². The van der Waals surface area contributed by atoms with Gasteiger partial charge in [-0.15, -0.1) is 0 Å². The molecule has 1 atom stereocenters. The van der Waals surface area contributed by atoms with Crippen LogP contribution in [0.4, 0.5) is 0 Å². The van der Waals surface area contributed by atoms with Gasteiger partial charge in [0.25, 0.3) is 0 Å². The number of likely N-dealkylation sites (N-methyl/N-ethyl adjacent to an activating group) is 1. The summed E-state index contributed by atoms with van der Waals surface area (Å²) >= 11 is 0. The third kappa shape index (κ3) is 6.36. The molecule has 1 saturated heterocycles. The highest BCUT2D eigenvalue weighted by molar-refractivity contribution is 5.82. The first-order valence-electron chi connectivity index (χ1n) is 7.39. The standard InChI is InChI=1S/C14H29N3O2/c1-4-7-15-13-6-5-8-17(14(13)18)10-12-19-11-9-16(2)3/h13,15H,4-12H2,1-3H3. The van der Waals surface area contributed by atoms with Crippen molar-refractivity contribution in [2.24, 2.45) is 0 Å². The summed E-state index contributed by atoms with van der Waals surface area (Å²) in [5.41, 5.74) is 0. The molecule has 1 aliphatic rings. The van der Waals surface area contributed by atoms with Crippen molar-refractivity contribution in [2.45, 2.75) is 32.2 Å². The molecule has 19 heavy (non-hydrogen) atoms. The highest BCUT2D eigenvalue weighted by Gasteiger charge is 2.27. The van der Waals surface area contributed by atoms with Crippen LogP contribution in [-0.2, 0) is 9.53 Å². The molecule has 0 radical (unpaired) electrons. The first kappa shape index (κ1) is 16.4. The van der Waals surface area contributed by atoms with Gasteiger partial charge in [-0.25, -0.2) is 0 Å². The summed E-state index contributed by atoms with van der Waals surface area (Å²) in [6, 6.07) is 0.0236. The van der Waals surface area contributed by atoms with Crippen molar-refractivity contribution >= 4 is 5.91 Å². The Morgan fingerprint density at radius 3 is 2.89 bits per heavy atom. The molecule has 0 saturated carbocycles. The zero-order valence-corrected chi connectivity index (χ0v) is 12.7. The second-order valence-corrected chi connectivity index (χ2v) is 5.39. The highest BCUT2D eigenvalue weighted by atomic mass is 16.5. The number of ether oxygens (including phenoxy) is 1. The fourth-order valence-electron chi connectivity index (χ4n) is 2.19. The van der Waals surface area contributed by atoms with Crippen molar-refractivity contribution in [1.82, 2.24) is 15.1 Å². The van der Waals surface area contributed by atoms with Crippen LogP contribution >= 0.6 is 0 Å². The number of rotatable bonds is 9. The monoisotopic (exact) mass is 271 g/mol. The quantitative estimate of drug-likeness (QED) is 0.622. The molecule has 112 valence electrons. The largest absolute Gasteiger partial charge is 0.378 e. The van der Waals surface area contributed by atoms with Crippen molar-refractivity contribution < 1.29 is 9.53 Å². The third-order valence-electron chi connectivity index (χ3n) is 3.36. The minimum Gasteiger partial charge on any atom is -0.378 e. The van der Waals surface area contributed by atoms with Crippen LogP contribution < -0.4 is 5.32 Å². The van der Waals surface area contributed by atoms with Gasteiger partial charge < -0.3 is 19.9 Å². The Balaban J connectivity index is 2.19. The lowest BCUT2D eigenvalue weighted by atomic mass is 10.0. The molecule has 0 aliphatic carbocycles. The molecule has 1 fully saturated rings. The predicted molar refractivity (Wildman–Crippen MR) is 77.3 cm³/mol. The Kier molecular flexibility index (Phi) is 8.02. The SMILES string of the molecule is CCCNC1CCCN(CCOCCN(C)C)C1=O. The molecule has 0 aromatic carbocycles. The van der Waals surface area contributed by atoms with Crippen molar-refractivity contribution in [2.75, 3.05) is 53.5 Å². The van der Waals surface area contributed by atoms with E-state index in [4.69, 9.17) is 4.74 Å². The molecule has 1 aliphatic heterocycles. The maximum Gasteiger partial charge on any atom is 0.239 e. The van der Waals surface area contributed by atoms with E-state index in [-0.39, 0.29) is 11.9 Å². The smallest absolute Gasteiger partial charge is 0.239 e. The molecule has 0 aromatic rings. The van der Waals surface area contributed by atoms with Gasteiger partial charge in [0.05, 0.1) is 19.3 Å². The van der Waals surface area contributed by atoms with Gasteiger partial charge in [0.2, 0.25) is 5.91 Å². The number of carbonyl (C=O) groups excluding carboxylic acids is 1. The summed E-state index contributed by atoms with van der Waals surface area (Å²) in [5.74, 6) is 0.246. The first-order valence-corrected chi connectivity index (χ1v) is 7.39. The van der Waals surface area contributed by atoms with E-state index in [2.05, 4.69) is 17.1 Å². The Hall–Kier alpha value is -0.650. The summed E-state index contributed by atoms with van der Waals surface area (Å²) in [6.07, 6.45) is 3.12. The number of piperidine rings is 1. The minimum absolute atomic E-state index is 0.0236. The molecule has 1 rings (SSSR count). The van der Waals surface area contributed by atoms with E-state index in [1.807, 2.05) is 19.0 Å². The summed E-state index contributed by atoms with van der Waals surface area (Å²) in [4.78, 5) is 16.2. The molecular formula is C14H29N3O2. The van der Waals surface area contributed by atoms with Gasteiger partial charge in [-0.3, -0.25) is 4.79 Å². The van der Waals surface area contributed by atoms with E-state index < -0.39 is 0 Å². The molecule has 0 aromatic heterocycles. The second kappa shape index (κ2) is 9.28. The van der Waals surface area contributed by atoms with Crippen molar-refractivity contribution in [1.29, 1.82) is 0 Å². The average molecular weight is 271 g/mol. The van der Waals surface area contributed by atoms with Crippen LogP contribution in [0, 0.1) is 0 Å². The van der Waals surface area contributed by atoms with E-state index in [1.54, 1.807) is 0 Å². The van der Waals surface area contributed by atoms with Crippen molar-refractivity contribution in [3.8, 4) is 0 Å². The fraction of sp³-hybridized carbons (Fsp3) is 0.929. The second-order valence-electron chi connectivity index (χ2n) is 5.39. The first-order chi connectivity index (χ1) is 9.15. The highest BCUT2D eigenvalue weighted by Crippen LogP contribution is 2.11. The Bertz CT molecular complexity index is 259. The number of hydrogen-bond donors (Lipinski definition) is 1. The number of carbonyl (C=O) groups is 1. The maximum absolute atomic E-state index is 12.2. The van der Waals surface area contributed by atoms with Crippen LogP contribution in [-0.4, -0.2) is 75.2 Å². The van der Waals surface area contributed by atoms with Crippen LogP contribution in [0.3, 0.4) is 0 Å². The summed E-state index contributed by atoms with van der Waals surface area (Å²) in [5, 5.41) is 3.33. The number of hydrogen-bond acceptors (Lipinski definition) is 4. The molecular weight excluding hydrogens is 242 g/mol. The number of nitrogens with one attached hydrogen (secondary N) is 1. The summed E-state index contributed by atoms with van der Waals surface area (Å²) in [7, 11) is 4.06. The Morgan fingerprint density at radius 1 is 1.42 bits per heavy atom. The Labute approximate surface area is 117 Å². The maximum atomic E-state index is 12.2. The van der Waals surface area contributed by atoms with Gasteiger partial charge in [0.1, 0.15) is 0 Å². The lowest BCUT2D eigenvalue weighted by Gasteiger charge is -2.32. The molecule has 1 amide bonds. The van der Waals surface area contributed by atoms with Crippen LogP contribution in [0.25, 0.3) is 0 Å². The van der Waals surface area contributed by atoms with Crippen molar-refractivity contribution in [3.05, 3.63) is 0 Å². The normalized spacial score (nSPS) is 20.3. The summed E-state index contributed by atoms with van der Waals surface area (Å²) in [6.45, 7) is 6.93. The molecule has 1 heterocycles. The minimum atomic E-state index is 0.0236. The third-order valence-corrected chi connectivity index (χ3v) is 3.36. The zero-order chi connectivity index (χ0) is 14.1. The molecule has 5 heteroatoms. The van der Waals surface area contributed by atoms with Gasteiger partial charge in [-0.2, -0.15) is 0 Å². The number of amides is 1. The van der Waals surface area contributed by atoms with Crippen LogP contribution in [0.2, 0.25) is 0 Å². The van der Waals surface area contributed by atoms with Gasteiger partial charge >= 0.3 is 0 Å². The topological polar surface area (TPSA) is 44.8 Å². The molecule has 1 N–H and O–H groups in total. The van der Waals surface area contributed by atoms with Crippen LogP contribution in [0.15, 0.2) is 0 Å². The molecule has 5 nitrogen and oxygen atoms in total. The van der Waals surface area contributed by atoms with Crippen LogP contribution in [0.1, 0.15) is 26.2 Å². The lowest BCUT2D eigenvalue weighted by Crippen LogP contribution is -2.51. The van der Waals surface area contributed by atoms with E-state index in [0.717, 1.165) is 52.0 Å². The number of likely N-dealkylation sites (tertiary alicyclic amines) is 1. The van der Waals surface area contributed by atoms with Gasteiger partial charge in [0.15, 0.2) is 0 Å². The van der Waals surface area contributed by atoms with E-state index in [9.17, 15) is 4.79 Å². The summed E-state index contributed by atoms with van der Waals surface area (Å²) < 4.78 is 5.56. The zero-order valence-electron chi connectivity index (χ0n) is 12.7. The molecule has 0 bridgehead atoms.